The van der Waals surface area contributed by atoms with E-state index >= 15 is 0 Å². The number of ether oxygens (including phenoxy) is 1. The van der Waals surface area contributed by atoms with Crippen LogP contribution in [0.15, 0.2) is 33.6 Å². The summed E-state index contributed by atoms with van der Waals surface area (Å²) in [6.07, 6.45) is -5.02. The summed E-state index contributed by atoms with van der Waals surface area (Å²) < 4.78 is 57.0. The molecule has 0 fully saturated rings. The number of hydrogen-bond donors (Lipinski definition) is 0. The van der Waals surface area contributed by atoms with Gasteiger partial charge in [-0.2, -0.15) is 17.6 Å². The standard InChI is InChI=1S/C12H12F3NO3S/c1-3-19-11(17)10(12(13,14)15)16-20(18)9-6-4-8(2)5-7-9/h4-7H,3H2,1-2H3/b16-10-. The fourth-order valence-electron chi connectivity index (χ4n) is 1.19. The molecular formula is C12H12F3NO3S. The lowest BCUT2D eigenvalue weighted by Crippen LogP contribution is -2.33. The second-order valence-electron chi connectivity index (χ2n) is 3.72. The summed E-state index contributed by atoms with van der Waals surface area (Å²) in [6.45, 7) is 2.91. The minimum atomic E-state index is -5.02. The number of nitrogens with zero attached hydrogens (tertiary/aromatic N) is 1. The number of rotatable bonds is 4. The van der Waals surface area contributed by atoms with Crippen LogP contribution < -0.4 is 0 Å². The molecule has 1 rings (SSSR count). The highest BCUT2D eigenvalue weighted by molar-refractivity contribution is 7.84. The van der Waals surface area contributed by atoms with Crippen molar-refractivity contribution in [2.75, 3.05) is 6.61 Å². The van der Waals surface area contributed by atoms with Gasteiger partial charge in [0.2, 0.25) is 5.71 Å². The maximum absolute atomic E-state index is 12.7. The molecule has 0 heterocycles. The Bertz CT molecular complexity index is 538. The van der Waals surface area contributed by atoms with Gasteiger partial charge in [-0.05, 0) is 26.0 Å². The van der Waals surface area contributed by atoms with Gasteiger partial charge in [0.1, 0.15) is 0 Å². The first kappa shape index (κ1) is 16.4. The molecule has 0 saturated heterocycles. The first-order chi connectivity index (χ1) is 9.25. The van der Waals surface area contributed by atoms with E-state index in [-0.39, 0.29) is 11.5 Å². The Hall–Kier alpha value is -1.70. The average Bonchev–Trinajstić information content (AvgIpc) is 2.35. The molecule has 8 heteroatoms. The molecule has 4 nitrogen and oxygen atoms in total. The minimum absolute atomic E-state index is 0.0710. The van der Waals surface area contributed by atoms with Gasteiger partial charge in [-0.25, -0.2) is 9.00 Å². The van der Waals surface area contributed by atoms with E-state index in [1.54, 1.807) is 19.1 Å². The van der Waals surface area contributed by atoms with Crippen molar-refractivity contribution in [3.8, 4) is 0 Å². The zero-order valence-electron chi connectivity index (χ0n) is 10.7. The summed E-state index contributed by atoms with van der Waals surface area (Å²) in [4.78, 5) is 11.3. The van der Waals surface area contributed by atoms with E-state index < -0.39 is 28.8 Å². The second-order valence-corrected chi connectivity index (χ2v) is 4.87. The molecule has 1 aromatic rings. The van der Waals surface area contributed by atoms with E-state index in [1.807, 2.05) is 0 Å². The number of halogens is 3. The molecule has 0 aliphatic carbocycles. The highest BCUT2D eigenvalue weighted by atomic mass is 32.2. The SMILES string of the molecule is CCOC(=O)/C(=N/S(=O)c1ccc(C)cc1)C(F)(F)F. The number of hydrogen-bond acceptors (Lipinski definition) is 3. The van der Waals surface area contributed by atoms with Crippen LogP contribution >= 0.6 is 0 Å². The normalized spacial score (nSPS) is 13.9. The van der Waals surface area contributed by atoms with E-state index in [0.29, 0.717) is 0 Å². The number of alkyl halides is 3. The summed E-state index contributed by atoms with van der Waals surface area (Å²) >= 11 is 0. The van der Waals surface area contributed by atoms with Crippen LogP contribution in [-0.2, 0) is 20.5 Å². The van der Waals surface area contributed by atoms with Crippen molar-refractivity contribution >= 4 is 22.7 Å². The van der Waals surface area contributed by atoms with Gasteiger partial charge in [-0.15, -0.1) is 0 Å². The second kappa shape index (κ2) is 6.65. The monoisotopic (exact) mass is 307 g/mol. The fourth-order valence-corrected chi connectivity index (χ4v) is 2.01. The van der Waals surface area contributed by atoms with Crippen LogP contribution in [0.2, 0.25) is 0 Å². The highest BCUT2D eigenvalue weighted by Crippen LogP contribution is 2.20. The van der Waals surface area contributed by atoms with Gasteiger partial charge >= 0.3 is 12.1 Å². The van der Waals surface area contributed by atoms with Gasteiger partial charge in [0, 0.05) is 0 Å². The molecule has 0 saturated carbocycles. The molecule has 1 unspecified atom stereocenters. The third-order valence-corrected chi connectivity index (χ3v) is 3.16. The largest absolute Gasteiger partial charge is 0.461 e. The van der Waals surface area contributed by atoms with Gasteiger partial charge in [-0.3, -0.25) is 0 Å². The maximum atomic E-state index is 12.7. The molecule has 0 N–H and O–H groups in total. The molecule has 110 valence electrons. The van der Waals surface area contributed by atoms with Crippen molar-refractivity contribution in [3.05, 3.63) is 29.8 Å². The first-order valence-electron chi connectivity index (χ1n) is 5.57. The van der Waals surface area contributed by atoms with Crippen molar-refractivity contribution < 1.29 is 26.9 Å². The van der Waals surface area contributed by atoms with Crippen LogP contribution in [0.3, 0.4) is 0 Å². The Labute approximate surface area is 116 Å². The lowest BCUT2D eigenvalue weighted by atomic mass is 10.2. The first-order valence-corrected chi connectivity index (χ1v) is 6.68. The van der Waals surface area contributed by atoms with E-state index in [4.69, 9.17) is 0 Å². The summed E-state index contributed by atoms with van der Waals surface area (Å²) in [5, 5.41) is 0. The van der Waals surface area contributed by atoms with Gasteiger partial charge in [0.05, 0.1) is 11.5 Å². The van der Waals surface area contributed by atoms with Crippen molar-refractivity contribution in [2.24, 2.45) is 4.40 Å². The Morgan fingerprint density at radius 2 is 1.85 bits per heavy atom. The predicted molar refractivity (Wildman–Crippen MR) is 67.7 cm³/mol. The molecule has 0 aromatic heterocycles. The molecule has 0 aliphatic rings. The van der Waals surface area contributed by atoms with Crippen LogP contribution in [0.1, 0.15) is 12.5 Å². The van der Waals surface area contributed by atoms with Crippen LogP contribution in [0.25, 0.3) is 0 Å². The number of esters is 1. The minimum Gasteiger partial charge on any atom is -0.461 e. The lowest BCUT2D eigenvalue weighted by molar-refractivity contribution is -0.139. The highest BCUT2D eigenvalue weighted by Gasteiger charge is 2.42. The van der Waals surface area contributed by atoms with Crippen LogP contribution in [-0.4, -0.2) is 28.7 Å². The van der Waals surface area contributed by atoms with Gasteiger partial charge in [0.25, 0.3) is 0 Å². The number of carbonyl (C=O) groups excluding carboxylic acids is 1. The van der Waals surface area contributed by atoms with E-state index in [1.165, 1.54) is 19.1 Å². The smallest absolute Gasteiger partial charge is 0.441 e. The summed E-state index contributed by atoms with van der Waals surface area (Å²) in [6, 6.07) is 5.93. The number of carbonyl (C=O) groups is 1. The van der Waals surface area contributed by atoms with E-state index in [2.05, 4.69) is 9.13 Å². The van der Waals surface area contributed by atoms with Gasteiger partial charge < -0.3 is 4.74 Å². The third kappa shape index (κ3) is 4.44. The number of aryl methyl sites for hydroxylation is 1. The Balaban J connectivity index is 3.10. The lowest BCUT2D eigenvalue weighted by Gasteiger charge is -2.09. The van der Waals surface area contributed by atoms with Crippen LogP contribution in [0.4, 0.5) is 13.2 Å². The molecule has 0 bridgehead atoms. The molecular weight excluding hydrogens is 295 g/mol. The van der Waals surface area contributed by atoms with E-state index in [0.717, 1.165) is 5.56 Å². The zero-order valence-corrected chi connectivity index (χ0v) is 11.5. The molecule has 0 radical (unpaired) electrons. The molecule has 0 aliphatic heterocycles. The summed E-state index contributed by atoms with van der Waals surface area (Å²) in [7, 11) is -2.33. The van der Waals surface area contributed by atoms with Crippen molar-refractivity contribution in [1.29, 1.82) is 0 Å². The molecule has 1 atom stereocenters. The average molecular weight is 307 g/mol. The van der Waals surface area contributed by atoms with Gasteiger partial charge in [0.15, 0.2) is 11.0 Å². The maximum Gasteiger partial charge on any atom is 0.441 e. The van der Waals surface area contributed by atoms with Crippen molar-refractivity contribution in [2.45, 2.75) is 24.9 Å². The Morgan fingerprint density at radius 3 is 2.30 bits per heavy atom. The van der Waals surface area contributed by atoms with E-state index in [9.17, 15) is 22.2 Å². The zero-order chi connectivity index (χ0) is 15.3. The topological polar surface area (TPSA) is 55.7 Å². The summed E-state index contributed by atoms with van der Waals surface area (Å²) in [5.74, 6) is -1.64. The van der Waals surface area contributed by atoms with Crippen molar-refractivity contribution in [1.82, 2.24) is 0 Å². The van der Waals surface area contributed by atoms with Gasteiger partial charge in [-0.1, -0.05) is 17.7 Å². The summed E-state index contributed by atoms with van der Waals surface area (Å²) in [5.41, 5.74) is -0.950. The van der Waals surface area contributed by atoms with Crippen molar-refractivity contribution in [3.63, 3.8) is 0 Å². The quantitative estimate of drug-likeness (QED) is 0.634. The predicted octanol–water partition coefficient (Wildman–Crippen LogP) is 2.58. The van der Waals surface area contributed by atoms with Crippen LogP contribution in [0.5, 0.6) is 0 Å². The van der Waals surface area contributed by atoms with Crippen LogP contribution in [0, 0.1) is 6.92 Å². The Kier molecular flexibility index (Phi) is 5.43. The third-order valence-electron chi connectivity index (χ3n) is 2.13. The molecule has 20 heavy (non-hydrogen) atoms. The molecule has 0 amide bonds. The fraction of sp³-hybridized carbons (Fsp3) is 0.333. The molecule has 0 spiro atoms. The Morgan fingerprint density at radius 1 is 1.30 bits per heavy atom. The number of benzene rings is 1. The molecule has 1 aromatic carbocycles.